The summed E-state index contributed by atoms with van der Waals surface area (Å²) in [4.78, 5) is 7.01. The van der Waals surface area contributed by atoms with Gasteiger partial charge in [0.05, 0.1) is 12.3 Å². The van der Waals surface area contributed by atoms with Crippen molar-refractivity contribution in [2.75, 3.05) is 26.8 Å². The fourth-order valence-corrected chi connectivity index (χ4v) is 2.44. The average Bonchev–Trinajstić information content (AvgIpc) is 2.76. The van der Waals surface area contributed by atoms with Crippen molar-refractivity contribution < 1.29 is 4.74 Å². The third-order valence-corrected chi connectivity index (χ3v) is 3.46. The Hall–Kier alpha value is -0.870. The van der Waals surface area contributed by atoms with E-state index in [-0.39, 0.29) is 0 Å². The van der Waals surface area contributed by atoms with Crippen molar-refractivity contribution >= 4 is 0 Å². The van der Waals surface area contributed by atoms with Crippen LogP contribution in [0, 0.1) is 5.92 Å². The first-order valence-corrected chi connectivity index (χ1v) is 7.46. The fourth-order valence-electron chi connectivity index (χ4n) is 2.44. The normalized spacial score (nSPS) is 15.2. The Morgan fingerprint density at radius 1 is 1.42 bits per heavy atom. The maximum Gasteiger partial charge on any atom is 0.109 e. The molecule has 4 heteroatoms. The smallest absolute Gasteiger partial charge is 0.109 e. The summed E-state index contributed by atoms with van der Waals surface area (Å²) in [7, 11) is 2.14. The Morgan fingerprint density at radius 3 is 3.00 bits per heavy atom. The summed E-state index contributed by atoms with van der Waals surface area (Å²) >= 11 is 0. The molecule has 0 fully saturated rings. The molecule has 0 unspecified atom stereocenters. The average molecular weight is 265 g/mol. The van der Waals surface area contributed by atoms with Crippen LogP contribution >= 0.6 is 0 Å². The van der Waals surface area contributed by atoms with Crippen LogP contribution < -0.4 is 0 Å². The number of hydrogen-bond donors (Lipinski definition) is 0. The number of hydrogen-bond acceptors (Lipinski definition) is 3. The highest BCUT2D eigenvalue weighted by molar-refractivity contribution is 5.06. The number of rotatable bonds is 7. The molecule has 0 N–H and O–H groups in total. The Balaban J connectivity index is 1.72. The molecule has 1 aromatic rings. The second-order valence-corrected chi connectivity index (χ2v) is 6.01. The van der Waals surface area contributed by atoms with Gasteiger partial charge in [0.25, 0.3) is 0 Å². The van der Waals surface area contributed by atoms with Crippen molar-refractivity contribution in [3.05, 3.63) is 17.7 Å². The highest BCUT2D eigenvalue weighted by atomic mass is 16.5. The zero-order valence-electron chi connectivity index (χ0n) is 12.6. The standard InChI is InChI=1S/C15H27N3O/c1-13(2)12-19-9-8-17(3)10-14-11-18-7-5-4-6-15(18)16-14/h11,13H,4-10,12H2,1-3H3. The number of imidazole rings is 1. The highest BCUT2D eigenvalue weighted by Crippen LogP contribution is 2.15. The SMILES string of the molecule is CC(C)COCCN(C)Cc1cn2c(n1)CCCC2. The van der Waals surface area contributed by atoms with E-state index >= 15 is 0 Å². The van der Waals surface area contributed by atoms with Gasteiger partial charge < -0.3 is 9.30 Å². The molecule has 0 atom stereocenters. The van der Waals surface area contributed by atoms with Crippen molar-refractivity contribution in [2.45, 2.75) is 46.2 Å². The number of ether oxygens (including phenoxy) is 1. The molecule has 19 heavy (non-hydrogen) atoms. The Labute approximate surface area is 116 Å². The molecule has 0 amide bonds. The van der Waals surface area contributed by atoms with Gasteiger partial charge in [-0.2, -0.15) is 0 Å². The van der Waals surface area contributed by atoms with Gasteiger partial charge >= 0.3 is 0 Å². The molecule has 0 saturated heterocycles. The first-order valence-electron chi connectivity index (χ1n) is 7.46. The minimum atomic E-state index is 0.616. The molecular weight excluding hydrogens is 238 g/mol. The molecule has 0 aliphatic carbocycles. The second-order valence-electron chi connectivity index (χ2n) is 6.01. The summed E-state index contributed by atoms with van der Waals surface area (Å²) in [5.74, 6) is 1.89. The van der Waals surface area contributed by atoms with E-state index in [9.17, 15) is 0 Å². The number of aromatic nitrogens is 2. The summed E-state index contributed by atoms with van der Waals surface area (Å²) in [6, 6.07) is 0. The number of likely N-dealkylation sites (N-methyl/N-ethyl adjacent to an activating group) is 1. The van der Waals surface area contributed by atoms with Crippen molar-refractivity contribution in [1.29, 1.82) is 0 Å². The van der Waals surface area contributed by atoms with Gasteiger partial charge in [0.2, 0.25) is 0 Å². The molecular formula is C15H27N3O. The first-order chi connectivity index (χ1) is 9.15. The van der Waals surface area contributed by atoms with Crippen LogP contribution in [0.1, 0.15) is 38.2 Å². The van der Waals surface area contributed by atoms with Gasteiger partial charge in [-0.05, 0) is 25.8 Å². The van der Waals surface area contributed by atoms with E-state index in [0.717, 1.165) is 39.3 Å². The lowest BCUT2D eigenvalue weighted by Gasteiger charge is -2.15. The van der Waals surface area contributed by atoms with Gasteiger partial charge in [-0.3, -0.25) is 4.90 Å². The maximum absolute atomic E-state index is 5.62. The molecule has 4 nitrogen and oxygen atoms in total. The van der Waals surface area contributed by atoms with Gasteiger partial charge in [0.1, 0.15) is 5.82 Å². The Bertz CT molecular complexity index is 363. The predicted octanol–water partition coefficient (Wildman–Crippen LogP) is 2.32. The van der Waals surface area contributed by atoms with Gasteiger partial charge in [-0.25, -0.2) is 4.98 Å². The van der Waals surface area contributed by atoms with Crippen LogP contribution in [0.3, 0.4) is 0 Å². The van der Waals surface area contributed by atoms with Crippen LogP contribution in [0.5, 0.6) is 0 Å². The molecule has 0 spiro atoms. The first kappa shape index (κ1) is 14.5. The molecule has 1 aliphatic rings. The molecule has 0 radical (unpaired) electrons. The maximum atomic E-state index is 5.62. The zero-order chi connectivity index (χ0) is 13.7. The summed E-state index contributed by atoms with van der Waals surface area (Å²) in [6.45, 7) is 9.05. The summed E-state index contributed by atoms with van der Waals surface area (Å²) < 4.78 is 7.94. The van der Waals surface area contributed by atoms with Gasteiger partial charge in [0.15, 0.2) is 0 Å². The molecule has 1 aromatic heterocycles. The minimum Gasteiger partial charge on any atom is -0.380 e. The van der Waals surface area contributed by atoms with E-state index in [0.29, 0.717) is 5.92 Å². The van der Waals surface area contributed by atoms with E-state index < -0.39 is 0 Å². The third-order valence-electron chi connectivity index (χ3n) is 3.46. The summed E-state index contributed by atoms with van der Waals surface area (Å²) in [5.41, 5.74) is 1.20. The third kappa shape index (κ3) is 4.62. The van der Waals surface area contributed by atoms with Crippen LogP contribution in [-0.4, -0.2) is 41.3 Å². The van der Waals surface area contributed by atoms with Crippen LogP contribution in [0.15, 0.2) is 6.20 Å². The van der Waals surface area contributed by atoms with Gasteiger partial charge in [-0.15, -0.1) is 0 Å². The monoisotopic (exact) mass is 265 g/mol. The molecule has 1 aliphatic heterocycles. The number of fused-ring (bicyclic) bond motifs is 1. The Kier molecular flexibility index (Phi) is 5.40. The lowest BCUT2D eigenvalue weighted by atomic mass is 10.2. The quantitative estimate of drug-likeness (QED) is 0.709. The van der Waals surface area contributed by atoms with Crippen LogP contribution in [0.4, 0.5) is 0 Å². The lowest BCUT2D eigenvalue weighted by molar-refractivity contribution is 0.0899. The van der Waals surface area contributed by atoms with Crippen molar-refractivity contribution in [3.8, 4) is 0 Å². The van der Waals surface area contributed by atoms with Crippen molar-refractivity contribution in [3.63, 3.8) is 0 Å². The van der Waals surface area contributed by atoms with E-state index in [4.69, 9.17) is 9.72 Å². The van der Waals surface area contributed by atoms with Gasteiger partial charge in [-0.1, -0.05) is 13.8 Å². The van der Waals surface area contributed by atoms with E-state index in [1.54, 1.807) is 0 Å². The predicted molar refractivity (Wildman–Crippen MR) is 77.2 cm³/mol. The fraction of sp³-hybridized carbons (Fsp3) is 0.800. The topological polar surface area (TPSA) is 30.3 Å². The molecule has 2 rings (SSSR count). The van der Waals surface area contributed by atoms with E-state index in [1.807, 2.05) is 0 Å². The summed E-state index contributed by atoms with van der Waals surface area (Å²) in [6.07, 6.45) is 5.94. The van der Waals surface area contributed by atoms with Gasteiger partial charge in [0, 0.05) is 38.9 Å². The largest absolute Gasteiger partial charge is 0.380 e. The molecule has 108 valence electrons. The second kappa shape index (κ2) is 7.06. The number of nitrogens with zero attached hydrogens (tertiary/aromatic N) is 3. The van der Waals surface area contributed by atoms with Crippen molar-refractivity contribution in [2.24, 2.45) is 5.92 Å². The molecule has 0 saturated carbocycles. The van der Waals surface area contributed by atoms with Crippen LogP contribution in [0.25, 0.3) is 0 Å². The Morgan fingerprint density at radius 2 is 2.26 bits per heavy atom. The van der Waals surface area contributed by atoms with Crippen molar-refractivity contribution in [1.82, 2.24) is 14.5 Å². The molecule has 0 bridgehead atoms. The molecule has 0 aromatic carbocycles. The zero-order valence-corrected chi connectivity index (χ0v) is 12.6. The number of aryl methyl sites for hydroxylation is 2. The highest BCUT2D eigenvalue weighted by Gasteiger charge is 2.12. The van der Waals surface area contributed by atoms with Crippen LogP contribution in [0.2, 0.25) is 0 Å². The van der Waals surface area contributed by atoms with Crippen LogP contribution in [-0.2, 0) is 24.2 Å². The summed E-state index contributed by atoms with van der Waals surface area (Å²) in [5, 5.41) is 0. The van der Waals surface area contributed by atoms with E-state index in [1.165, 1.54) is 24.4 Å². The minimum absolute atomic E-state index is 0.616. The molecule has 2 heterocycles. The lowest BCUT2D eigenvalue weighted by Crippen LogP contribution is -2.23. The van der Waals surface area contributed by atoms with E-state index in [2.05, 4.69) is 36.6 Å².